The Morgan fingerprint density at radius 2 is 2.09 bits per heavy atom. The molecule has 0 bridgehead atoms. The molecule has 0 atom stereocenters. The molecule has 5 nitrogen and oxygen atoms in total. The van der Waals surface area contributed by atoms with E-state index < -0.39 is 0 Å². The van der Waals surface area contributed by atoms with Gasteiger partial charge in [-0.3, -0.25) is 9.48 Å². The first-order chi connectivity index (χ1) is 10.5. The third-order valence-corrected chi connectivity index (χ3v) is 3.65. The third-order valence-electron chi connectivity index (χ3n) is 3.65. The lowest BCUT2D eigenvalue weighted by Crippen LogP contribution is -2.32. The Labute approximate surface area is 131 Å². The van der Waals surface area contributed by atoms with Crippen LogP contribution < -0.4 is 5.32 Å². The van der Waals surface area contributed by atoms with Gasteiger partial charge in [-0.25, -0.2) is 0 Å². The van der Waals surface area contributed by atoms with Crippen molar-refractivity contribution in [2.24, 2.45) is 0 Å². The second-order valence-corrected chi connectivity index (χ2v) is 5.62. The van der Waals surface area contributed by atoms with Crippen LogP contribution in [0.15, 0.2) is 30.3 Å². The molecule has 22 heavy (non-hydrogen) atoms. The van der Waals surface area contributed by atoms with Crippen molar-refractivity contribution >= 4 is 5.91 Å². The fraction of sp³-hybridized carbons (Fsp3) is 0.412. The summed E-state index contributed by atoms with van der Waals surface area (Å²) in [5.41, 5.74) is 3.94. The van der Waals surface area contributed by atoms with Crippen molar-refractivity contribution in [3.8, 4) is 0 Å². The zero-order valence-corrected chi connectivity index (χ0v) is 13.8. The lowest BCUT2D eigenvalue weighted by Gasteiger charge is -2.17. The van der Waals surface area contributed by atoms with Gasteiger partial charge in [0.15, 0.2) is 0 Å². The number of nitrogens with one attached hydrogen (secondary N) is 1. The summed E-state index contributed by atoms with van der Waals surface area (Å²) < 4.78 is 1.96. The molecule has 0 spiro atoms. The summed E-state index contributed by atoms with van der Waals surface area (Å²) in [5.74, 6) is 0.0467. The number of hydrogen-bond donors (Lipinski definition) is 1. The highest BCUT2D eigenvalue weighted by atomic mass is 16.2. The summed E-state index contributed by atoms with van der Waals surface area (Å²) >= 11 is 0. The van der Waals surface area contributed by atoms with Crippen LogP contribution in [0.1, 0.15) is 27.3 Å². The van der Waals surface area contributed by atoms with Crippen LogP contribution >= 0.6 is 0 Å². The van der Waals surface area contributed by atoms with Gasteiger partial charge >= 0.3 is 0 Å². The minimum atomic E-state index is 0.0467. The Bertz CT molecular complexity index is 648. The highest BCUT2D eigenvalue weighted by Crippen LogP contribution is 2.11. The summed E-state index contributed by atoms with van der Waals surface area (Å²) in [4.78, 5) is 14.1. The Balaban J connectivity index is 2.12. The summed E-state index contributed by atoms with van der Waals surface area (Å²) in [6.45, 7) is 6.19. The highest BCUT2D eigenvalue weighted by Gasteiger charge is 2.12. The normalized spacial score (nSPS) is 10.7. The predicted octanol–water partition coefficient (Wildman–Crippen LogP) is 1.84. The third kappa shape index (κ3) is 3.95. The van der Waals surface area contributed by atoms with Crippen molar-refractivity contribution < 1.29 is 4.79 Å². The SMILES string of the molecule is CNCCN(C)C(=O)c1cccc(Cn2nc(C)cc2C)c1. The molecule has 1 amide bonds. The Kier molecular flexibility index (Phi) is 5.33. The van der Waals surface area contributed by atoms with Crippen molar-refractivity contribution in [1.29, 1.82) is 0 Å². The standard InChI is InChI=1S/C17H24N4O/c1-13-10-14(2)21(19-13)12-15-6-5-7-16(11-15)17(22)20(4)9-8-18-3/h5-7,10-11,18H,8-9,12H2,1-4H3. The maximum absolute atomic E-state index is 12.4. The lowest BCUT2D eigenvalue weighted by atomic mass is 10.1. The van der Waals surface area contributed by atoms with Crippen LogP contribution in [0.3, 0.4) is 0 Å². The number of aromatic nitrogens is 2. The van der Waals surface area contributed by atoms with Crippen LogP contribution in [-0.4, -0.2) is 47.8 Å². The molecule has 2 rings (SSSR count). The largest absolute Gasteiger partial charge is 0.340 e. The van der Waals surface area contributed by atoms with E-state index in [9.17, 15) is 4.79 Å². The molecule has 0 saturated heterocycles. The van der Waals surface area contributed by atoms with Gasteiger partial charge in [0.25, 0.3) is 5.91 Å². The number of likely N-dealkylation sites (N-methyl/N-ethyl adjacent to an activating group) is 2. The van der Waals surface area contributed by atoms with Crippen LogP contribution in [0.4, 0.5) is 0 Å². The van der Waals surface area contributed by atoms with Gasteiger partial charge in [-0.1, -0.05) is 12.1 Å². The zero-order valence-electron chi connectivity index (χ0n) is 13.8. The first kappa shape index (κ1) is 16.2. The number of nitrogens with zero attached hydrogens (tertiary/aromatic N) is 3. The van der Waals surface area contributed by atoms with E-state index in [0.717, 1.165) is 29.1 Å². The van der Waals surface area contributed by atoms with E-state index in [1.54, 1.807) is 4.90 Å². The molecule has 1 heterocycles. The van der Waals surface area contributed by atoms with E-state index in [4.69, 9.17) is 0 Å². The van der Waals surface area contributed by atoms with Crippen LogP contribution in [0, 0.1) is 13.8 Å². The molecule has 1 N–H and O–H groups in total. The lowest BCUT2D eigenvalue weighted by molar-refractivity contribution is 0.0796. The molecule has 1 aromatic heterocycles. The number of amides is 1. The Morgan fingerprint density at radius 3 is 2.73 bits per heavy atom. The van der Waals surface area contributed by atoms with Crippen LogP contribution in [0.5, 0.6) is 0 Å². The maximum Gasteiger partial charge on any atom is 0.253 e. The first-order valence-corrected chi connectivity index (χ1v) is 7.51. The summed E-state index contributed by atoms with van der Waals surface area (Å²) in [6.07, 6.45) is 0. The van der Waals surface area contributed by atoms with Gasteiger partial charge in [0, 0.05) is 31.4 Å². The van der Waals surface area contributed by atoms with E-state index >= 15 is 0 Å². The molecule has 1 aromatic carbocycles. The van der Waals surface area contributed by atoms with E-state index in [1.807, 2.05) is 56.9 Å². The molecule has 0 unspecified atom stereocenters. The number of carbonyl (C=O) groups is 1. The average Bonchev–Trinajstić information content (AvgIpc) is 2.82. The van der Waals surface area contributed by atoms with Gasteiger partial charge in [-0.05, 0) is 44.7 Å². The fourth-order valence-electron chi connectivity index (χ4n) is 2.41. The fourth-order valence-corrected chi connectivity index (χ4v) is 2.41. The van der Waals surface area contributed by atoms with Gasteiger partial charge in [0.05, 0.1) is 12.2 Å². The number of carbonyl (C=O) groups excluding carboxylic acids is 1. The minimum Gasteiger partial charge on any atom is -0.340 e. The van der Waals surface area contributed by atoms with E-state index in [-0.39, 0.29) is 5.91 Å². The monoisotopic (exact) mass is 300 g/mol. The van der Waals surface area contributed by atoms with Crippen molar-refractivity contribution in [3.05, 3.63) is 52.8 Å². The molecule has 0 radical (unpaired) electrons. The summed E-state index contributed by atoms with van der Waals surface area (Å²) in [6, 6.07) is 9.83. The van der Waals surface area contributed by atoms with Crippen molar-refractivity contribution in [1.82, 2.24) is 20.0 Å². The van der Waals surface area contributed by atoms with Gasteiger partial charge in [0.1, 0.15) is 0 Å². The molecule has 0 fully saturated rings. The topological polar surface area (TPSA) is 50.2 Å². The molecule has 118 valence electrons. The van der Waals surface area contributed by atoms with E-state index in [0.29, 0.717) is 13.1 Å². The molecule has 0 aliphatic rings. The van der Waals surface area contributed by atoms with Gasteiger partial charge in [0.2, 0.25) is 0 Å². The molecule has 2 aromatic rings. The maximum atomic E-state index is 12.4. The number of rotatable bonds is 6. The van der Waals surface area contributed by atoms with Crippen LogP contribution in [-0.2, 0) is 6.54 Å². The molecule has 0 aliphatic heterocycles. The summed E-state index contributed by atoms with van der Waals surface area (Å²) in [7, 11) is 3.71. The predicted molar refractivity (Wildman–Crippen MR) is 88.1 cm³/mol. The average molecular weight is 300 g/mol. The van der Waals surface area contributed by atoms with E-state index in [2.05, 4.69) is 16.5 Å². The highest BCUT2D eigenvalue weighted by molar-refractivity contribution is 5.94. The molecular weight excluding hydrogens is 276 g/mol. The van der Waals surface area contributed by atoms with E-state index in [1.165, 1.54) is 0 Å². The summed E-state index contributed by atoms with van der Waals surface area (Å²) in [5, 5.41) is 7.52. The van der Waals surface area contributed by atoms with Gasteiger partial charge in [-0.15, -0.1) is 0 Å². The molecule has 5 heteroatoms. The van der Waals surface area contributed by atoms with Gasteiger partial charge in [-0.2, -0.15) is 5.10 Å². The Morgan fingerprint density at radius 1 is 1.32 bits per heavy atom. The van der Waals surface area contributed by atoms with Gasteiger partial charge < -0.3 is 10.2 Å². The van der Waals surface area contributed by atoms with Crippen molar-refractivity contribution in [2.75, 3.05) is 27.2 Å². The molecule has 0 aliphatic carbocycles. The number of benzene rings is 1. The first-order valence-electron chi connectivity index (χ1n) is 7.51. The quantitative estimate of drug-likeness (QED) is 0.885. The number of hydrogen-bond acceptors (Lipinski definition) is 3. The van der Waals surface area contributed by atoms with Crippen molar-refractivity contribution in [3.63, 3.8) is 0 Å². The van der Waals surface area contributed by atoms with Crippen molar-refractivity contribution in [2.45, 2.75) is 20.4 Å². The zero-order chi connectivity index (χ0) is 16.1. The molecule has 0 saturated carbocycles. The van der Waals surface area contributed by atoms with Crippen LogP contribution in [0.2, 0.25) is 0 Å². The minimum absolute atomic E-state index is 0.0467. The Hall–Kier alpha value is -2.14. The molecular formula is C17H24N4O. The second-order valence-electron chi connectivity index (χ2n) is 5.62. The smallest absolute Gasteiger partial charge is 0.253 e. The van der Waals surface area contributed by atoms with Crippen LogP contribution in [0.25, 0.3) is 0 Å². The second kappa shape index (κ2) is 7.22. The number of aryl methyl sites for hydroxylation is 2.